The summed E-state index contributed by atoms with van der Waals surface area (Å²) in [4.78, 5) is 19.4. The lowest BCUT2D eigenvalue weighted by atomic mass is 9.71. The number of hydrogen-bond donors (Lipinski definition) is 2. The fourth-order valence-electron chi connectivity index (χ4n) is 3.71. The third kappa shape index (κ3) is 8.39. The van der Waals surface area contributed by atoms with Crippen LogP contribution in [0.4, 0.5) is 0 Å². The molecule has 1 saturated carbocycles. The van der Waals surface area contributed by atoms with Gasteiger partial charge < -0.3 is 19.0 Å². The summed E-state index contributed by atoms with van der Waals surface area (Å²) >= 11 is 4.75. The van der Waals surface area contributed by atoms with E-state index >= 15 is 0 Å². The van der Waals surface area contributed by atoms with E-state index in [-0.39, 0.29) is 12.2 Å². The molecule has 7 heteroatoms. The van der Waals surface area contributed by atoms with Crippen LogP contribution >= 0.6 is 6.72 Å². The molecule has 1 aliphatic carbocycles. The summed E-state index contributed by atoms with van der Waals surface area (Å²) < 4.78 is 11.7. The number of hydrogen-bond acceptors (Lipinski definition) is 3. The zero-order valence-corrected chi connectivity index (χ0v) is 17.1. The summed E-state index contributed by atoms with van der Waals surface area (Å²) in [5.74, 6) is 1.40. The highest BCUT2D eigenvalue weighted by Gasteiger charge is 2.39. The second kappa shape index (κ2) is 8.70. The molecule has 0 aromatic heterocycles. The van der Waals surface area contributed by atoms with E-state index in [1.165, 1.54) is 6.42 Å². The van der Waals surface area contributed by atoms with Crippen LogP contribution in [0.5, 0.6) is 0 Å². The fraction of sp³-hybridized carbons (Fsp3) is 1.00. The topological polar surface area (TPSA) is 58.9 Å². The normalized spacial score (nSPS) is 29.3. The molecule has 1 fully saturated rings. The molecule has 138 valence electrons. The van der Waals surface area contributed by atoms with Crippen LogP contribution in [-0.4, -0.2) is 61.3 Å². The Labute approximate surface area is 146 Å². The van der Waals surface area contributed by atoms with E-state index < -0.39 is 6.72 Å². The van der Waals surface area contributed by atoms with E-state index in [4.69, 9.17) is 21.1 Å². The first-order valence-corrected chi connectivity index (χ1v) is 11.1. The largest absolute Gasteiger partial charge is 0.382 e. The SMILES string of the molecule is COC(C)CC1CCC(C)C(C(C[N+](C)(C)C)OP(O)(O)=S)C1. The molecule has 1 aliphatic rings. The molecule has 5 unspecified atom stereocenters. The Bertz CT molecular complexity index is 409. The number of rotatable bonds is 8. The highest BCUT2D eigenvalue weighted by Crippen LogP contribution is 2.45. The average Bonchev–Trinajstić information content (AvgIpc) is 2.36. The summed E-state index contributed by atoms with van der Waals surface area (Å²) in [6, 6.07) is 0. The van der Waals surface area contributed by atoms with E-state index in [2.05, 4.69) is 35.0 Å². The molecular formula is C16H35NO4PS+. The minimum absolute atomic E-state index is 0.216. The van der Waals surface area contributed by atoms with Crippen LogP contribution in [0.1, 0.15) is 39.5 Å². The molecule has 5 nitrogen and oxygen atoms in total. The van der Waals surface area contributed by atoms with Crippen molar-refractivity contribution in [1.82, 2.24) is 0 Å². The van der Waals surface area contributed by atoms with Gasteiger partial charge in [0.1, 0.15) is 12.6 Å². The molecule has 0 spiro atoms. The molecule has 5 atom stereocenters. The molecule has 1 rings (SSSR count). The Morgan fingerprint density at radius 2 is 1.87 bits per heavy atom. The van der Waals surface area contributed by atoms with Crippen molar-refractivity contribution in [3.8, 4) is 0 Å². The van der Waals surface area contributed by atoms with E-state index in [0.29, 0.717) is 22.2 Å². The maximum atomic E-state index is 9.68. The average molecular weight is 369 g/mol. The Hall–Kier alpha value is 0.450. The Morgan fingerprint density at radius 1 is 1.26 bits per heavy atom. The number of nitrogens with zero attached hydrogens (tertiary/aromatic N) is 1. The van der Waals surface area contributed by atoms with Crippen molar-refractivity contribution in [1.29, 1.82) is 0 Å². The van der Waals surface area contributed by atoms with Crippen LogP contribution in [0, 0.1) is 17.8 Å². The van der Waals surface area contributed by atoms with Crippen LogP contribution in [0.15, 0.2) is 0 Å². The lowest BCUT2D eigenvalue weighted by molar-refractivity contribution is -0.873. The molecule has 0 amide bonds. The molecule has 0 saturated heterocycles. The number of quaternary nitrogens is 1. The van der Waals surface area contributed by atoms with Gasteiger partial charge in [-0.05, 0) is 49.3 Å². The minimum Gasteiger partial charge on any atom is -0.382 e. The van der Waals surface area contributed by atoms with Gasteiger partial charge in [-0.15, -0.1) is 0 Å². The lowest BCUT2D eigenvalue weighted by Crippen LogP contribution is -2.47. The van der Waals surface area contributed by atoms with Gasteiger partial charge in [0, 0.05) is 7.11 Å². The summed E-state index contributed by atoms with van der Waals surface area (Å²) in [7, 11) is 8.02. The number of ether oxygens (including phenoxy) is 1. The third-order valence-corrected chi connectivity index (χ3v) is 5.72. The fourth-order valence-corrected chi connectivity index (χ4v) is 4.62. The van der Waals surface area contributed by atoms with Gasteiger partial charge in [-0.2, -0.15) is 0 Å². The van der Waals surface area contributed by atoms with Crippen molar-refractivity contribution in [3.05, 3.63) is 0 Å². The zero-order valence-electron chi connectivity index (χ0n) is 15.4. The summed E-state index contributed by atoms with van der Waals surface area (Å²) in [6.07, 6.45) is 4.47. The van der Waals surface area contributed by atoms with Gasteiger partial charge in [0.05, 0.1) is 27.2 Å². The van der Waals surface area contributed by atoms with Crippen LogP contribution in [0.25, 0.3) is 0 Å². The summed E-state index contributed by atoms with van der Waals surface area (Å²) in [6.45, 7) is 1.41. The van der Waals surface area contributed by atoms with Gasteiger partial charge in [0.15, 0.2) is 0 Å². The molecule has 23 heavy (non-hydrogen) atoms. The van der Waals surface area contributed by atoms with Crippen LogP contribution in [0.3, 0.4) is 0 Å². The lowest BCUT2D eigenvalue weighted by Gasteiger charge is -2.41. The standard InChI is InChI=1S/C16H34NO4PS/c1-12-7-8-14(9-13(2)20-6)10-15(12)16(11-17(3,4)5)21-22(18,19)23/h12-16H,7-11H2,1-6H3,(H-,18,19,23)/p+1. The van der Waals surface area contributed by atoms with Crippen molar-refractivity contribution in [3.63, 3.8) is 0 Å². The van der Waals surface area contributed by atoms with Crippen LogP contribution < -0.4 is 0 Å². The van der Waals surface area contributed by atoms with Gasteiger partial charge in [0.25, 0.3) is 0 Å². The molecule has 2 N–H and O–H groups in total. The van der Waals surface area contributed by atoms with Crippen molar-refractivity contribution in [2.75, 3.05) is 34.8 Å². The first-order chi connectivity index (χ1) is 10.4. The predicted molar refractivity (Wildman–Crippen MR) is 97.6 cm³/mol. The van der Waals surface area contributed by atoms with Crippen LogP contribution in [0.2, 0.25) is 0 Å². The highest BCUT2D eigenvalue weighted by atomic mass is 32.5. The molecule has 0 radical (unpaired) electrons. The quantitative estimate of drug-likeness (QED) is 0.510. The Kier molecular flexibility index (Phi) is 8.13. The Morgan fingerprint density at radius 3 is 2.35 bits per heavy atom. The van der Waals surface area contributed by atoms with E-state index in [9.17, 15) is 9.79 Å². The van der Waals surface area contributed by atoms with Crippen molar-refractivity contribution in [2.45, 2.75) is 51.7 Å². The number of methoxy groups -OCH3 is 1. The van der Waals surface area contributed by atoms with Gasteiger partial charge >= 0.3 is 6.72 Å². The molecular weight excluding hydrogens is 333 g/mol. The molecule has 0 heterocycles. The zero-order chi connectivity index (χ0) is 17.8. The van der Waals surface area contributed by atoms with Gasteiger partial charge in [-0.3, -0.25) is 4.52 Å². The van der Waals surface area contributed by atoms with Crippen molar-refractivity contribution >= 4 is 18.5 Å². The van der Waals surface area contributed by atoms with Gasteiger partial charge in [-0.25, -0.2) is 0 Å². The molecule has 0 aromatic carbocycles. The highest BCUT2D eigenvalue weighted by molar-refractivity contribution is 8.06. The molecule has 0 aromatic rings. The second-order valence-corrected chi connectivity index (χ2v) is 10.8. The minimum atomic E-state index is -3.66. The summed E-state index contributed by atoms with van der Waals surface area (Å²) in [5.41, 5.74) is 0. The van der Waals surface area contributed by atoms with Gasteiger partial charge in [0.2, 0.25) is 0 Å². The maximum absolute atomic E-state index is 9.68. The predicted octanol–water partition coefficient (Wildman–Crippen LogP) is 2.76. The first-order valence-electron chi connectivity index (χ1n) is 8.48. The third-order valence-electron chi connectivity index (χ3n) is 4.91. The van der Waals surface area contributed by atoms with Gasteiger partial charge in [-0.1, -0.05) is 19.8 Å². The second-order valence-electron chi connectivity index (χ2n) is 8.21. The monoisotopic (exact) mass is 368 g/mol. The van der Waals surface area contributed by atoms with E-state index in [0.717, 1.165) is 25.8 Å². The Balaban J connectivity index is 2.85. The summed E-state index contributed by atoms with van der Waals surface area (Å²) in [5, 5.41) is 0. The first kappa shape index (κ1) is 21.5. The van der Waals surface area contributed by atoms with E-state index in [1.807, 2.05) is 0 Å². The van der Waals surface area contributed by atoms with Crippen molar-refractivity contribution in [2.24, 2.45) is 17.8 Å². The number of likely N-dealkylation sites (N-methyl/N-ethyl adjacent to an activating group) is 1. The van der Waals surface area contributed by atoms with Crippen molar-refractivity contribution < 1.29 is 23.5 Å². The molecule has 0 aliphatic heterocycles. The van der Waals surface area contributed by atoms with Crippen LogP contribution in [-0.2, 0) is 21.1 Å². The maximum Gasteiger partial charge on any atom is 0.322 e. The molecule has 0 bridgehead atoms. The van der Waals surface area contributed by atoms with E-state index in [1.54, 1.807) is 7.11 Å². The smallest absolute Gasteiger partial charge is 0.322 e.